The monoisotopic (exact) mass is 459 g/mol. The van der Waals surface area contributed by atoms with Crippen molar-refractivity contribution in [2.24, 2.45) is 0 Å². The molecule has 164 valence electrons. The third-order valence-electron chi connectivity index (χ3n) is 4.75. The first-order valence-electron chi connectivity index (χ1n) is 9.97. The van der Waals surface area contributed by atoms with Crippen LogP contribution >= 0.6 is 11.8 Å². The first kappa shape index (κ1) is 23.3. The van der Waals surface area contributed by atoms with Gasteiger partial charge < -0.3 is 10.1 Å². The molecule has 3 rings (SSSR count). The van der Waals surface area contributed by atoms with Crippen molar-refractivity contribution in [2.75, 3.05) is 24.2 Å². The summed E-state index contributed by atoms with van der Waals surface area (Å²) >= 11 is 1.50. The van der Waals surface area contributed by atoms with Crippen molar-refractivity contribution in [1.29, 1.82) is 5.26 Å². The number of nitrogens with one attached hydrogen (secondary N) is 1. The number of morpholine rings is 1. The van der Waals surface area contributed by atoms with Crippen LogP contribution in [0.3, 0.4) is 0 Å². The topological polar surface area (TPSA) is 99.5 Å². The molecule has 0 aromatic heterocycles. The lowest BCUT2D eigenvalue weighted by molar-refractivity contribution is -0.0440. The summed E-state index contributed by atoms with van der Waals surface area (Å²) in [5, 5.41) is 11.6. The number of para-hydroxylation sites is 1. The molecule has 1 heterocycles. The van der Waals surface area contributed by atoms with Crippen molar-refractivity contribution in [2.45, 2.75) is 42.3 Å². The summed E-state index contributed by atoms with van der Waals surface area (Å²) in [4.78, 5) is 13.7. The van der Waals surface area contributed by atoms with E-state index in [1.165, 1.54) is 40.3 Å². The Bertz CT molecular complexity index is 1050. The molecule has 1 aliphatic heterocycles. The summed E-state index contributed by atoms with van der Waals surface area (Å²) in [6.45, 7) is 4.30. The molecule has 1 saturated heterocycles. The lowest BCUT2D eigenvalue weighted by atomic mass is 10.2. The zero-order valence-corrected chi connectivity index (χ0v) is 19.1. The predicted octanol–water partition coefficient (Wildman–Crippen LogP) is 3.74. The summed E-state index contributed by atoms with van der Waals surface area (Å²) < 4.78 is 33.0. The predicted molar refractivity (Wildman–Crippen MR) is 121 cm³/mol. The molecule has 2 aromatic rings. The van der Waals surface area contributed by atoms with Crippen LogP contribution in [0, 0.1) is 11.3 Å². The van der Waals surface area contributed by atoms with E-state index in [-0.39, 0.29) is 23.0 Å². The number of carbonyl (C=O) groups excluding carboxylic acids is 1. The Kier molecular flexibility index (Phi) is 7.73. The second-order valence-corrected chi connectivity index (χ2v) is 10.4. The maximum Gasteiger partial charge on any atom is 0.255 e. The first-order chi connectivity index (χ1) is 14.8. The average Bonchev–Trinajstić information content (AvgIpc) is 2.74. The molecule has 1 amide bonds. The number of anilines is 1. The van der Waals surface area contributed by atoms with E-state index in [9.17, 15) is 13.2 Å². The molecule has 7 nitrogen and oxygen atoms in total. The normalized spacial score (nSPS) is 19.5. The molecular weight excluding hydrogens is 434 g/mol. The summed E-state index contributed by atoms with van der Waals surface area (Å²) in [5.74, 6) is 0.306. The Hall–Kier alpha value is -2.38. The van der Waals surface area contributed by atoms with Crippen molar-refractivity contribution in [3.8, 4) is 6.07 Å². The van der Waals surface area contributed by atoms with E-state index in [1.807, 2.05) is 32.0 Å². The zero-order chi connectivity index (χ0) is 22.4. The number of hydrogen-bond acceptors (Lipinski definition) is 6. The Morgan fingerprint density at radius 2 is 1.81 bits per heavy atom. The van der Waals surface area contributed by atoms with E-state index < -0.39 is 10.0 Å². The number of thioether (sulfide) groups is 1. The van der Waals surface area contributed by atoms with Gasteiger partial charge in [0.25, 0.3) is 5.91 Å². The van der Waals surface area contributed by atoms with Crippen LogP contribution in [0.25, 0.3) is 0 Å². The third-order valence-corrected chi connectivity index (χ3v) is 7.67. The maximum absolute atomic E-state index is 13.0. The van der Waals surface area contributed by atoms with Crippen molar-refractivity contribution >= 4 is 33.4 Å². The number of rotatable bonds is 7. The molecule has 31 heavy (non-hydrogen) atoms. The molecule has 9 heteroatoms. The highest BCUT2D eigenvalue weighted by molar-refractivity contribution is 7.99. The van der Waals surface area contributed by atoms with E-state index in [4.69, 9.17) is 10.00 Å². The molecule has 1 N–H and O–H groups in total. The quantitative estimate of drug-likeness (QED) is 0.500. The van der Waals surface area contributed by atoms with Gasteiger partial charge in [-0.05, 0) is 50.2 Å². The van der Waals surface area contributed by atoms with E-state index >= 15 is 0 Å². The second-order valence-electron chi connectivity index (χ2n) is 7.31. The van der Waals surface area contributed by atoms with Gasteiger partial charge in [-0.15, -0.1) is 11.8 Å². The van der Waals surface area contributed by atoms with Crippen LogP contribution in [0.2, 0.25) is 0 Å². The third kappa shape index (κ3) is 5.86. The standard InChI is InChI=1S/C22H25N3O4S2/c1-16-14-25(15-17(2)29-16)31(27,28)19-10-8-18(9-11-19)22(26)24-20-6-3-4-7-21(20)30-13-5-12-23/h3-4,6-11,16-17H,5,13-15H2,1-2H3,(H,24,26). The maximum atomic E-state index is 13.0. The van der Waals surface area contributed by atoms with Gasteiger partial charge in [-0.3, -0.25) is 4.79 Å². The molecule has 2 aromatic carbocycles. The SMILES string of the molecule is CC1CN(S(=O)(=O)c2ccc(C(=O)Nc3ccccc3SCCC#N)cc2)CC(C)O1. The fourth-order valence-corrected chi connectivity index (χ4v) is 5.80. The molecule has 0 bridgehead atoms. The van der Waals surface area contributed by atoms with Crippen molar-refractivity contribution < 1.29 is 17.9 Å². The minimum Gasteiger partial charge on any atom is -0.373 e. The molecule has 0 aliphatic carbocycles. The second kappa shape index (κ2) is 10.3. The molecule has 2 atom stereocenters. The van der Waals surface area contributed by atoms with Crippen LogP contribution in [0.1, 0.15) is 30.6 Å². The van der Waals surface area contributed by atoms with Crippen LogP contribution in [0.15, 0.2) is 58.3 Å². The van der Waals surface area contributed by atoms with Gasteiger partial charge in [0.05, 0.1) is 28.9 Å². The Morgan fingerprint density at radius 1 is 1.16 bits per heavy atom. The molecule has 2 unspecified atom stereocenters. The van der Waals surface area contributed by atoms with Gasteiger partial charge in [0.15, 0.2) is 0 Å². The Morgan fingerprint density at radius 3 is 2.45 bits per heavy atom. The van der Waals surface area contributed by atoms with Gasteiger partial charge >= 0.3 is 0 Å². The van der Waals surface area contributed by atoms with Crippen LogP contribution in [0.4, 0.5) is 5.69 Å². The van der Waals surface area contributed by atoms with Crippen molar-refractivity contribution in [3.63, 3.8) is 0 Å². The highest BCUT2D eigenvalue weighted by Gasteiger charge is 2.32. The highest BCUT2D eigenvalue weighted by atomic mass is 32.2. The largest absolute Gasteiger partial charge is 0.373 e. The molecule has 0 saturated carbocycles. The fourth-order valence-electron chi connectivity index (χ4n) is 3.35. The number of amides is 1. The number of hydrogen-bond donors (Lipinski definition) is 1. The van der Waals surface area contributed by atoms with Crippen molar-refractivity contribution in [3.05, 3.63) is 54.1 Å². The minimum absolute atomic E-state index is 0.151. The van der Waals surface area contributed by atoms with Gasteiger partial charge in [-0.1, -0.05) is 12.1 Å². The minimum atomic E-state index is -3.66. The summed E-state index contributed by atoms with van der Waals surface area (Å²) in [5.41, 5.74) is 1.02. The van der Waals surface area contributed by atoms with E-state index in [0.29, 0.717) is 36.5 Å². The number of sulfonamides is 1. The first-order valence-corrected chi connectivity index (χ1v) is 12.4. The van der Waals surface area contributed by atoms with Gasteiger partial charge in [0.1, 0.15) is 0 Å². The molecular formula is C22H25N3O4S2. The summed E-state index contributed by atoms with van der Waals surface area (Å²) in [7, 11) is -3.66. The van der Waals surface area contributed by atoms with Gasteiger partial charge in [0, 0.05) is 35.7 Å². The molecule has 0 spiro atoms. The van der Waals surface area contributed by atoms with Gasteiger partial charge in [-0.2, -0.15) is 9.57 Å². The number of benzene rings is 2. The number of nitriles is 1. The lowest BCUT2D eigenvalue weighted by Gasteiger charge is -2.34. The lowest BCUT2D eigenvalue weighted by Crippen LogP contribution is -2.48. The Labute approximate surface area is 187 Å². The average molecular weight is 460 g/mol. The van der Waals surface area contributed by atoms with Crippen LogP contribution in [0.5, 0.6) is 0 Å². The Balaban J connectivity index is 1.72. The number of carbonyl (C=O) groups is 1. The fraction of sp³-hybridized carbons (Fsp3) is 0.364. The van der Waals surface area contributed by atoms with Gasteiger partial charge in [0.2, 0.25) is 10.0 Å². The molecule has 1 fully saturated rings. The summed E-state index contributed by atoms with van der Waals surface area (Å²) in [6, 6.07) is 15.4. The van der Waals surface area contributed by atoms with E-state index in [2.05, 4.69) is 11.4 Å². The zero-order valence-electron chi connectivity index (χ0n) is 17.4. The van der Waals surface area contributed by atoms with E-state index in [1.54, 1.807) is 6.07 Å². The van der Waals surface area contributed by atoms with E-state index in [0.717, 1.165) is 4.90 Å². The van der Waals surface area contributed by atoms with Gasteiger partial charge in [-0.25, -0.2) is 8.42 Å². The highest BCUT2D eigenvalue weighted by Crippen LogP contribution is 2.28. The van der Waals surface area contributed by atoms with Crippen molar-refractivity contribution in [1.82, 2.24) is 4.31 Å². The summed E-state index contributed by atoms with van der Waals surface area (Å²) in [6.07, 6.45) is 0.0770. The molecule has 1 aliphatic rings. The number of ether oxygens (including phenoxy) is 1. The molecule has 0 radical (unpaired) electrons. The number of nitrogens with zero attached hydrogens (tertiary/aromatic N) is 2. The smallest absolute Gasteiger partial charge is 0.255 e. The van der Waals surface area contributed by atoms with Crippen LogP contribution < -0.4 is 5.32 Å². The van der Waals surface area contributed by atoms with Crippen LogP contribution in [-0.2, 0) is 14.8 Å². The van der Waals surface area contributed by atoms with Crippen LogP contribution in [-0.4, -0.2) is 49.7 Å².